The van der Waals surface area contributed by atoms with E-state index in [1.54, 1.807) is 0 Å². The predicted octanol–water partition coefficient (Wildman–Crippen LogP) is 4.19. The highest BCUT2D eigenvalue weighted by atomic mass is 15.2. The van der Waals surface area contributed by atoms with Crippen molar-refractivity contribution in [2.24, 2.45) is 0 Å². The van der Waals surface area contributed by atoms with Crippen LogP contribution in [0.4, 0.5) is 5.69 Å². The molecule has 1 atom stereocenters. The van der Waals surface area contributed by atoms with Crippen LogP contribution in [0.15, 0.2) is 60.7 Å². The first-order chi connectivity index (χ1) is 10.3. The quantitative estimate of drug-likeness (QED) is 0.696. The second-order valence-electron chi connectivity index (χ2n) is 5.81. The third kappa shape index (κ3) is 2.17. The number of hydrogen-bond acceptors (Lipinski definition) is 2. The van der Waals surface area contributed by atoms with E-state index in [1.807, 2.05) is 6.07 Å². The third-order valence-corrected chi connectivity index (χ3v) is 4.34. The molecule has 1 aliphatic rings. The molecule has 2 nitrogen and oxygen atoms in total. The molecular formula is C19H18N2. The number of para-hydroxylation sites is 2. The summed E-state index contributed by atoms with van der Waals surface area (Å²) in [5, 5.41) is 1.20. The molecule has 0 bridgehead atoms. The van der Waals surface area contributed by atoms with Gasteiger partial charge in [0.05, 0.1) is 17.8 Å². The number of rotatable bonds is 2. The summed E-state index contributed by atoms with van der Waals surface area (Å²) in [5.74, 6) is 0. The van der Waals surface area contributed by atoms with E-state index in [4.69, 9.17) is 4.98 Å². The first kappa shape index (κ1) is 12.4. The van der Waals surface area contributed by atoms with Gasteiger partial charge in [0.1, 0.15) is 0 Å². The van der Waals surface area contributed by atoms with Crippen molar-refractivity contribution in [1.82, 2.24) is 4.98 Å². The van der Waals surface area contributed by atoms with E-state index in [0.717, 1.165) is 24.2 Å². The zero-order chi connectivity index (χ0) is 14.2. The normalized spacial score (nSPS) is 17.2. The van der Waals surface area contributed by atoms with E-state index in [1.165, 1.54) is 16.6 Å². The van der Waals surface area contributed by atoms with Gasteiger partial charge in [-0.25, -0.2) is 0 Å². The SMILES string of the molecule is C[C@H]1Cc2ccccc2N1Cc1ccc2ccccc2n1. The Morgan fingerprint density at radius 3 is 2.76 bits per heavy atom. The summed E-state index contributed by atoms with van der Waals surface area (Å²) in [7, 11) is 0. The van der Waals surface area contributed by atoms with Gasteiger partial charge in [-0.1, -0.05) is 42.5 Å². The third-order valence-electron chi connectivity index (χ3n) is 4.34. The zero-order valence-corrected chi connectivity index (χ0v) is 12.2. The molecule has 0 unspecified atom stereocenters. The summed E-state index contributed by atoms with van der Waals surface area (Å²) in [6.07, 6.45) is 1.13. The summed E-state index contributed by atoms with van der Waals surface area (Å²) in [6, 6.07) is 21.9. The van der Waals surface area contributed by atoms with Crippen molar-refractivity contribution in [3.05, 3.63) is 71.9 Å². The molecule has 0 amide bonds. The molecule has 4 rings (SSSR count). The van der Waals surface area contributed by atoms with Crippen LogP contribution in [0.5, 0.6) is 0 Å². The van der Waals surface area contributed by atoms with Crippen LogP contribution in [0.3, 0.4) is 0 Å². The van der Waals surface area contributed by atoms with Crippen molar-refractivity contribution in [2.45, 2.75) is 25.9 Å². The number of hydrogen-bond donors (Lipinski definition) is 0. The maximum atomic E-state index is 4.80. The fourth-order valence-electron chi connectivity index (χ4n) is 3.24. The average molecular weight is 274 g/mol. The van der Waals surface area contributed by atoms with Crippen molar-refractivity contribution in [2.75, 3.05) is 4.90 Å². The minimum Gasteiger partial charge on any atom is -0.362 e. The van der Waals surface area contributed by atoms with Crippen LogP contribution in [0.1, 0.15) is 18.2 Å². The molecule has 2 heterocycles. The Balaban J connectivity index is 1.68. The van der Waals surface area contributed by atoms with E-state index >= 15 is 0 Å². The summed E-state index contributed by atoms with van der Waals surface area (Å²) < 4.78 is 0. The van der Waals surface area contributed by atoms with Gasteiger partial charge in [-0.05, 0) is 37.1 Å². The molecule has 21 heavy (non-hydrogen) atoms. The van der Waals surface area contributed by atoms with Crippen LogP contribution in [-0.4, -0.2) is 11.0 Å². The Bertz CT molecular complexity index is 794. The Labute approximate surface area is 125 Å². The maximum Gasteiger partial charge on any atom is 0.0706 e. The summed E-state index contributed by atoms with van der Waals surface area (Å²) in [5.41, 5.74) is 5.03. The fourth-order valence-corrected chi connectivity index (χ4v) is 3.24. The van der Waals surface area contributed by atoms with Crippen LogP contribution in [-0.2, 0) is 13.0 Å². The fraction of sp³-hybridized carbons (Fsp3) is 0.211. The van der Waals surface area contributed by atoms with Gasteiger partial charge in [-0.15, -0.1) is 0 Å². The zero-order valence-electron chi connectivity index (χ0n) is 12.2. The highest BCUT2D eigenvalue weighted by Gasteiger charge is 2.25. The Kier molecular flexibility index (Phi) is 2.88. The molecule has 2 heteroatoms. The number of aromatic nitrogens is 1. The lowest BCUT2D eigenvalue weighted by molar-refractivity contribution is 0.666. The molecule has 0 fully saturated rings. The molecule has 0 saturated heterocycles. The van der Waals surface area contributed by atoms with Crippen LogP contribution in [0, 0.1) is 0 Å². The minimum absolute atomic E-state index is 0.538. The molecule has 104 valence electrons. The Morgan fingerprint density at radius 1 is 1.00 bits per heavy atom. The van der Waals surface area contributed by atoms with Gasteiger partial charge in [-0.3, -0.25) is 4.98 Å². The lowest BCUT2D eigenvalue weighted by Gasteiger charge is -2.24. The van der Waals surface area contributed by atoms with Gasteiger partial charge in [0.15, 0.2) is 0 Å². The van der Waals surface area contributed by atoms with E-state index in [0.29, 0.717) is 6.04 Å². The molecule has 0 aliphatic carbocycles. The van der Waals surface area contributed by atoms with Crippen molar-refractivity contribution in [3.8, 4) is 0 Å². The first-order valence-electron chi connectivity index (χ1n) is 7.50. The molecular weight excluding hydrogens is 256 g/mol. The lowest BCUT2D eigenvalue weighted by atomic mass is 10.1. The van der Waals surface area contributed by atoms with Crippen LogP contribution in [0.25, 0.3) is 10.9 Å². The minimum atomic E-state index is 0.538. The number of nitrogens with zero attached hydrogens (tertiary/aromatic N) is 2. The standard InChI is InChI=1S/C19H18N2/c1-14-12-16-7-3-5-9-19(16)21(14)13-17-11-10-15-6-2-4-8-18(15)20-17/h2-11,14H,12-13H2,1H3/t14-/m0/s1. The number of anilines is 1. The molecule has 0 spiro atoms. The summed E-state index contributed by atoms with van der Waals surface area (Å²) in [4.78, 5) is 7.27. The van der Waals surface area contributed by atoms with Crippen molar-refractivity contribution < 1.29 is 0 Å². The monoisotopic (exact) mass is 274 g/mol. The van der Waals surface area contributed by atoms with Crippen LogP contribution < -0.4 is 4.90 Å². The molecule has 0 saturated carbocycles. The van der Waals surface area contributed by atoms with Crippen molar-refractivity contribution in [1.29, 1.82) is 0 Å². The largest absolute Gasteiger partial charge is 0.362 e. The van der Waals surface area contributed by atoms with Gasteiger partial charge in [-0.2, -0.15) is 0 Å². The molecule has 2 aromatic carbocycles. The Hall–Kier alpha value is -2.35. The second kappa shape index (κ2) is 4.88. The molecule has 0 radical (unpaired) electrons. The van der Waals surface area contributed by atoms with Crippen molar-refractivity contribution in [3.63, 3.8) is 0 Å². The second-order valence-corrected chi connectivity index (χ2v) is 5.81. The predicted molar refractivity (Wildman–Crippen MR) is 87.5 cm³/mol. The summed E-state index contributed by atoms with van der Waals surface area (Å²) in [6.45, 7) is 3.17. The highest BCUT2D eigenvalue weighted by molar-refractivity contribution is 5.78. The smallest absolute Gasteiger partial charge is 0.0706 e. The van der Waals surface area contributed by atoms with Crippen molar-refractivity contribution >= 4 is 16.6 Å². The van der Waals surface area contributed by atoms with E-state index in [9.17, 15) is 0 Å². The molecule has 3 aromatic rings. The number of benzene rings is 2. The highest BCUT2D eigenvalue weighted by Crippen LogP contribution is 2.32. The Morgan fingerprint density at radius 2 is 1.81 bits per heavy atom. The van der Waals surface area contributed by atoms with Gasteiger partial charge in [0.2, 0.25) is 0 Å². The molecule has 1 aliphatic heterocycles. The summed E-state index contributed by atoms with van der Waals surface area (Å²) >= 11 is 0. The maximum absolute atomic E-state index is 4.80. The van der Waals surface area contributed by atoms with Crippen LogP contribution >= 0.6 is 0 Å². The van der Waals surface area contributed by atoms with Crippen LogP contribution in [0.2, 0.25) is 0 Å². The average Bonchev–Trinajstić information content (AvgIpc) is 2.83. The van der Waals surface area contributed by atoms with Gasteiger partial charge >= 0.3 is 0 Å². The lowest BCUT2D eigenvalue weighted by Crippen LogP contribution is -2.28. The number of pyridine rings is 1. The topological polar surface area (TPSA) is 16.1 Å². The van der Waals surface area contributed by atoms with Gasteiger partial charge < -0.3 is 4.90 Å². The van der Waals surface area contributed by atoms with E-state index in [2.05, 4.69) is 66.4 Å². The molecule has 1 aromatic heterocycles. The van der Waals surface area contributed by atoms with Gasteiger partial charge in [0, 0.05) is 17.1 Å². The van der Waals surface area contributed by atoms with E-state index in [-0.39, 0.29) is 0 Å². The van der Waals surface area contributed by atoms with Gasteiger partial charge in [0.25, 0.3) is 0 Å². The number of fused-ring (bicyclic) bond motifs is 2. The van der Waals surface area contributed by atoms with E-state index < -0.39 is 0 Å². The molecule has 0 N–H and O–H groups in total. The first-order valence-corrected chi connectivity index (χ1v) is 7.50.